The van der Waals surface area contributed by atoms with Gasteiger partial charge in [-0.25, -0.2) is 4.98 Å². The monoisotopic (exact) mass is 596 g/mol. The lowest BCUT2D eigenvalue weighted by atomic mass is 9.82. The van der Waals surface area contributed by atoms with Crippen molar-refractivity contribution in [2.24, 2.45) is 11.8 Å². The van der Waals surface area contributed by atoms with Crippen molar-refractivity contribution in [3.05, 3.63) is 52.7 Å². The van der Waals surface area contributed by atoms with Crippen LogP contribution < -0.4 is 9.64 Å². The first-order valence-electron chi connectivity index (χ1n) is 13.7. The van der Waals surface area contributed by atoms with Crippen LogP contribution in [-0.2, 0) is 10.4 Å². The second-order valence-electron chi connectivity index (χ2n) is 11.4. The molecule has 2 aromatic rings. The van der Waals surface area contributed by atoms with Crippen LogP contribution in [0.3, 0.4) is 0 Å². The Morgan fingerprint density at radius 3 is 2.34 bits per heavy atom. The number of anilines is 1. The molecule has 1 N–H and O–H groups in total. The Morgan fingerprint density at radius 1 is 1.12 bits per heavy atom. The van der Waals surface area contributed by atoms with Crippen LogP contribution in [-0.4, -0.2) is 84.3 Å². The van der Waals surface area contributed by atoms with Crippen molar-refractivity contribution in [1.29, 1.82) is 0 Å². The van der Waals surface area contributed by atoms with E-state index in [4.69, 9.17) is 16.3 Å². The summed E-state index contributed by atoms with van der Waals surface area (Å²) in [6, 6.07) is 8.45. The number of amides is 2. The first kappa shape index (κ1) is 30.9. The van der Waals surface area contributed by atoms with E-state index in [-0.39, 0.29) is 41.9 Å². The van der Waals surface area contributed by atoms with E-state index in [0.717, 1.165) is 49.4 Å². The van der Waals surface area contributed by atoms with Crippen LogP contribution in [0.4, 0.5) is 19.0 Å². The Balaban J connectivity index is 1.32. The second-order valence-corrected chi connectivity index (χ2v) is 11.7. The third kappa shape index (κ3) is 6.56. The second kappa shape index (κ2) is 12.1. The number of rotatable bonds is 8. The number of carbonyl (C=O) groups excluding carboxylic acids is 2. The predicted molar refractivity (Wildman–Crippen MR) is 149 cm³/mol. The molecule has 2 fully saturated rings. The zero-order valence-corrected chi connectivity index (χ0v) is 24.4. The van der Waals surface area contributed by atoms with Crippen LogP contribution in [0.1, 0.15) is 49.0 Å². The lowest BCUT2D eigenvalue weighted by molar-refractivity contribution is -0.264. The first-order valence-corrected chi connectivity index (χ1v) is 14.1. The van der Waals surface area contributed by atoms with Crippen molar-refractivity contribution in [1.82, 2.24) is 14.8 Å². The predicted octanol–water partition coefficient (Wildman–Crippen LogP) is 4.74. The Bertz CT molecular complexity index is 1260. The van der Waals surface area contributed by atoms with Crippen molar-refractivity contribution < 1.29 is 32.6 Å². The summed E-state index contributed by atoms with van der Waals surface area (Å²) in [4.78, 5) is 34.3. The number of halogens is 4. The van der Waals surface area contributed by atoms with E-state index in [1.807, 2.05) is 0 Å². The zero-order chi connectivity index (χ0) is 30.1. The van der Waals surface area contributed by atoms with E-state index in [9.17, 15) is 27.9 Å². The summed E-state index contributed by atoms with van der Waals surface area (Å²) in [5.41, 5.74) is -3.87. The van der Waals surface area contributed by atoms with E-state index in [0.29, 0.717) is 17.3 Å². The fourth-order valence-corrected chi connectivity index (χ4v) is 5.69. The third-order valence-corrected chi connectivity index (χ3v) is 7.95. The molecule has 0 aliphatic carbocycles. The summed E-state index contributed by atoms with van der Waals surface area (Å²) in [6.45, 7) is 5.25. The number of aliphatic hydroxyl groups is 1. The Morgan fingerprint density at radius 2 is 1.78 bits per heavy atom. The number of ether oxygens (including phenoxy) is 1. The smallest absolute Gasteiger partial charge is 0.430 e. The summed E-state index contributed by atoms with van der Waals surface area (Å²) >= 11 is 6.27. The minimum Gasteiger partial charge on any atom is -0.491 e. The number of likely N-dealkylation sites (tertiary alicyclic amines) is 1. The molecular formula is C29H36ClF3N4O4. The van der Waals surface area contributed by atoms with Crippen LogP contribution in [0.15, 0.2) is 36.4 Å². The van der Waals surface area contributed by atoms with E-state index in [1.165, 1.54) is 17.0 Å². The molecule has 0 bridgehead atoms. The number of pyridine rings is 1. The number of benzene rings is 1. The van der Waals surface area contributed by atoms with E-state index in [2.05, 4.69) is 9.88 Å². The fourth-order valence-electron chi connectivity index (χ4n) is 5.46. The molecule has 3 heterocycles. The van der Waals surface area contributed by atoms with Gasteiger partial charge in [0.05, 0.1) is 11.7 Å². The highest BCUT2D eigenvalue weighted by molar-refractivity contribution is 6.32. The Kier molecular flexibility index (Phi) is 9.08. The van der Waals surface area contributed by atoms with Gasteiger partial charge in [-0.15, -0.1) is 0 Å². The number of hydrogen-bond acceptors (Lipinski definition) is 6. The molecule has 0 saturated carbocycles. The van der Waals surface area contributed by atoms with Gasteiger partial charge in [0, 0.05) is 45.8 Å². The Labute approximate surface area is 243 Å². The summed E-state index contributed by atoms with van der Waals surface area (Å²) in [5, 5.41) is 11.0. The molecule has 1 unspecified atom stereocenters. The van der Waals surface area contributed by atoms with Crippen molar-refractivity contribution in [2.45, 2.75) is 51.0 Å². The van der Waals surface area contributed by atoms with Crippen molar-refractivity contribution in [2.75, 3.05) is 45.2 Å². The number of carbonyl (C=O) groups is 2. The van der Waals surface area contributed by atoms with Gasteiger partial charge >= 0.3 is 6.18 Å². The summed E-state index contributed by atoms with van der Waals surface area (Å²) < 4.78 is 47.9. The van der Waals surface area contributed by atoms with Crippen LogP contribution in [0, 0.1) is 11.8 Å². The lowest BCUT2D eigenvalue weighted by Crippen LogP contribution is -2.61. The van der Waals surface area contributed by atoms with Gasteiger partial charge in [-0.1, -0.05) is 23.7 Å². The maximum atomic E-state index is 14.1. The van der Waals surface area contributed by atoms with Gasteiger partial charge in [-0.2, -0.15) is 13.2 Å². The molecule has 8 nitrogen and oxygen atoms in total. The summed E-state index contributed by atoms with van der Waals surface area (Å²) in [7, 11) is 3.29. The number of nitrogens with zero attached hydrogens (tertiary/aromatic N) is 4. The highest BCUT2D eigenvalue weighted by Crippen LogP contribution is 2.43. The van der Waals surface area contributed by atoms with Gasteiger partial charge < -0.3 is 24.5 Å². The number of piperidine rings is 1. The van der Waals surface area contributed by atoms with Crippen LogP contribution in [0.2, 0.25) is 5.15 Å². The molecule has 2 aliphatic heterocycles. The van der Waals surface area contributed by atoms with Crippen molar-refractivity contribution in [3.63, 3.8) is 0 Å². The highest BCUT2D eigenvalue weighted by atomic mass is 35.5. The van der Waals surface area contributed by atoms with Gasteiger partial charge in [0.1, 0.15) is 16.7 Å². The molecular weight excluding hydrogens is 561 g/mol. The SMILES string of the molecule is CC(C)Oc1cccc(C(O)(C(=O)N2CC(CC3CCN(c4ccc(C(=O)N(C)C)c(Cl)n4)CC3)C2)C(F)(F)F)c1. The largest absolute Gasteiger partial charge is 0.491 e. The maximum Gasteiger partial charge on any atom is 0.430 e. The first-order chi connectivity index (χ1) is 19.2. The lowest BCUT2D eigenvalue weighted by Gasteiger charge is -2.45. The van der Waals surface area contributed by atoms with Gasteiger partial charge in [0.2, 0.25) is 0 Å². The average Bonchev–Trinajstić information content (AvgIpc) is 2.88. The van der Waals surface area contributed by atoms with Crippen LogP contribution in [0.25, 0.3) is 0 Å². The van der Waals surface area contributed by atoms with E-state index in [1.54, 1.807) is 40.1 Å². The fraction of sp³-hybridized carbons (Fsp3) is 0.552. The topological polar surface area (TPSA) is 86.2 Å². The molecule has 2 saturated heterocycles. The van der Waals surface area contributed by atoms with E-state index < -0.39 is 23.2 Å². The van der Waals surface area contributed by atoms with Crippen LogP contribution >= 0.6 is 11.6 Å². The van der Waals surface area contributed by atoms with Gasteiger partial charge in [0.15, 0.2) is 0 Å². The maximum absolute atomic E-state index is 14.1. The van der Waals surface area contributed by atoms with Gasteiger partial charge in [-0.05, 0) is 69.2 Å². The molecule has 0 spiro atoms. The van der Waals surface area contributed by atoms with Crippen molar-refractivity contribution >= 4 is 29.2 Å². The highest BCUT2D eigenvalue weighted by Gasteiger charge is 2.63. The van der Waals surface area contributed by atoms with Gasteiger partial charge in [-0.3, -0.25) is 9.59 Å². The standard InChI is InChI=1S/C29H36ClF3N4O4/c1-18(2)41-22-7-5-6-21(15-22)28(40,29(31,32)33)27(39)37-16-20(17-37)14-19-10-12-36(13-11-19)24-9-8-23(25(30)34-24)26(38)35(3)4/h5-9,15,18-20,40H,10-14,16-17H2,1-4H3. The van der Waals surface area contributed by atoms with E-state index >= 15 is 0 Å². The molecule has 224 valence electrons. The molecule has 4 rings (SSSR count). The number of aromatic nitrogens is 1. The summed E-state index contributed by atoms with van der Waals surface area (Å²) in [6.07, 6.45) is -2.98. The minimum atomic E-state index is -5.20. The third-order valence-electron chi connectivity index (χ3n) is 7.66. The Hall–Kier alpha value is -3.05. The molecule has 2 amide bonds. The van der Waals surface area contributed by atoms with Crippen molar-refractivity contribution in [3.8, 4) is 5.75 Å². The minimum absolute atomic E-state index is 0.0625. The molecule has 2 aliphatic rings. The molecule has 1 aromatic carbocycles. The van der Waals surface area contributed by atoms with Crippen LogP contribution in [0.5, 0.6) is 5.75 Å². The normalized spacial score (nSPS) is 18.2. The molecule has 12 heteroatoms. The number of alkyl halides is 3. The zero-order valence-electron chi connectivity index (χ0n) is 23.6. The average molecular weight is 597 g/mol. The van der Waals surface area contributed by atoms with Gasteiger partial charge in [0.25, 0.3) is 17.4 Å². The quantitative estimate of drug-likeness (QED) is 0.443. The number of hydrogen-bond donors (Lipinski definition) is 1. The summed E-state index contributed by atoms with van der Waals surface area (Å²) in [5.74, 6) is -0.327. The molecule has 41 heavy (non-hydrogen) atoms. The molecule has 1 atom stereocenters. The molecule has 1 aromatic heterocycles. The molecule has 0 radical (unpaired) electrons.